The lowest BCUT2D eigenvalue weighted by atomic mass is 10.0. The van der Waals surface area contributed by atoms with Crippen molar-refractivity contribution in [2.45, 2.75) is 12.3 Å². The Labute approximate surface area is 105 Å². The van der Waals surface area contributed by atoms with Crippen LogP contribution >= 0.6 is 0 Å². The van der Waals surface area contributed by atoms with Gasteiger partial charge in [-0.2, -0.15) is 0 Å². The first-order valence-corrected chi connectivity index (χ1v) is 5.38. The number of ether oxygens (including phenoxy) is 3. The van der Waals surface area contributed by atoms with Gasteiger partial charge in [0.2, 0.25) is 0 Å². The average Bonchev–Trinajstić information content (AvgIpc) is 2.36. The fourth-order valence-electron chi connectivity index (χ4n) is 1.63. The molecule has 1 aromatic rings. The first kappa shape index (κ1) is 14.5. The summed E-state index contributed by atoms with van der Waals surface area (Å²) in [5.74, 6) is -2.46. The third kappa shape index (κ3) is 2.81. The molecule has 0 aliphatic carbocycles. The molecule has 0 radical (unpaired) electrons. The van der Waals surface area contributed by atoms with E-state index in [-0.39, 0.29) is 23.6 Å². The summed E-state index contributed by atoms with van der Waals surface area (Å²) in [6, 6.07) is 2.59. The van der Waals surface area contributed by atoms with Gasteiger partial charge in [-0.15, -0.1) is 0 Å². The van der Waals surface area contributed by atoms with Gasteiger partial charge in [0, 0.05) is 12.5 Å². The maximum atomic E-state index is 13.9. The van der Waals surface area contributed by atoms with Crippen LogP contribution in [0.1, 0.15) is 12.0 Å². The summed E-state index contributed by atoms with van der Waals surface area (Å²) in [6.07, 6.45) is -0.459. The van der Waals surface area contributed by atoms with Crippen molar-refractivity contribution in [3.05, 3.63) is 17.7 Å². The van der Waals surface area contributed by atoms with Crippen molar-refractivity contribution in [2.24, 2.45) is 5.73 Å². The normalized spacial score (nSPS) is 11.2. The van der Waals surface area contributed by atoms with Gasteiger partial charge in [-0.25, -0.2) is 8.78 Å². The van der Waals surface area contributed by atoms with Crippen molar-refractivity contribution in [1.82, 2.24) is 0 Å². The SMILES string of the molecule is COc1cc(OC)c(C(F)(F)CCN)cc1OC. The Balaban J connectivity index is 3.33. The molecule has 0 unspecified atom stereocenters. The van der Waals surface area contributed by atoms with Crippen LogP contribution in [0, 0.1) is 0 Å². The van der Waals surface area contributed by atoms with Gasteiger partial charge in [0.25, 0.3) is 5.92 Å². The van der Waals surface area contributed by atoms with E-state index < -0.39 is 12.3 Å². The lowest BCUT2D eigenvalue weighted by molar-refractivity contribution is -0.0130. The lowest BCUT2D eigenvalue weighted by Crippen LogP contribution is -2.19. The summed E-state index contributed by atoms with van der Waals surface area (Å²) in [6.45, 7) is -0.121. The molecule has 0 fully saturated rings. The molecule has 0 amide bonds. The number of halogens is 2. The minimum atomic E-state index is -3.07. The van der Waals surface area contributed by atoms with E-state index in [2.05, 4.69) is 0 Å². The summed E-state index contributed by atoms with van der Waals surface area (Å²) in [5, 5.41) is 0. The van der Waals surface area contributed by atoms with E-state index in [1.807, 2.05) is 0 Å². The fourth-order valence-corrected chi connectivity index (χ4v) is 1.63. The van der Waals surface area contributed by atoms with Crippen molar-refractivity contribution in [1.29, 1.82) is 0 Å². The van der Waals surface area contributed by atoms with Gasteiger partial charge in [0.1, 0.15) is 5.75 Å². The van der Waals surface area contributed by atoms with Crippen molar-refractivity contribution < 1.29 is 23.0 Å². The molecule has 0 aliphatic rings. The van der Waals surface area contributed by atoms with Crippen LogP contribution in [-0.2, 0) is 5.92 Å². The predicted octanol–water partition coefficient (Wildman–Crippen LogP) is 2.15. The zero-order valence-electron chi connectivity index (χ0n) is 10.6. The van der Waals surface area contributed by atoms with Crippen LogP contribution in [0.25, 0.3) is 0 Å². The van der Waals surface area contributed by atoms with Gasteiger partial charge in [0.05, 0.1) is 26.9 Å². The van der Waals surface area contributed by atoms with E-state index >= 15 is 0 Å². The highest BCUT2D eigenvalue weighted by molar-refractivity contribution is 5.52. The second kappa shape index (κ2) is 5.86. The van der Waals surface area contributed by atoms with Crippen LogP contribution in [0.4, 0.5) is 8.78 Å². The Morgan fingerprint density at radius 2 is 1.50 bits per heavy atom. The molecule has 0 bridgehead atoms. The van der Waals surface area contributed by atoms with Crippen molar-refractivity contribution in [3.8, 4) is 17.2 Å². The monoisotopic (exact) mass is 261 g/mol. The molecule has 18 heavy (non-hydrogen) atoms. The largest absolute Gasteiger partial charge is 0.496 e. The van der Waals surface area contributed by atoms with Crippen molar-refractivity contribution in [3.63, 3.8) is 0 Å². The van der Waals surface area contributed by atoms with Crippen LogP contribution < -0.4 is 19.9 Å². The van der Waals surface area contributed by atoms with Crippen LogP contribution in [0.5, 0.6) is 17.2 Å². The molecule has 6 heteroatoms. The molecule has 0 saturated carbocycles. The Morgan fingerprint density at radius 3 is 1.94 bits per heavy atom. The number of hydrogen-bond donors (Lipinski definition) is 1. The molecule has 1 aromatic carbocycles. The topological polar surface area (TPSA) is 53.7 Å². The van der Waals surface area contributed by atoms with Crippen molar-refractivity contribution >= 4 is 0 Å². The maximum Gasteiger partial charge on any atom is 0.278 e. The first-order valence-electron chi connectivity index (χ1n) is 5.38. The summed E-state index contributed by atoms with van der Waals surface area (Å²) >= 11 is 0. The number of alkyl halides is 2. The molecule has 4 nitrogen and oxygen atoms in total. The summed E-state index contributed by atoms with van der Waals surface area (Å²) < 4.78 is 42.8. The number of methoxy groups -OCH3 is 3. The molecule has 0 heterocycles. The quantitative estimate of drug-likeness (QED) is 0.852. The van der Waals surface area contributed by atoms with E-state index in [4.69, 9.17) is 19.9 Å². The predicted molar refractivity (Wildman–Crippen MR) is 63.7 cm³/mol. The van der Waals surface area contributed by atoms with E-state index in [9.17, 15) is 8.78 Å². The highest BCUT2D eigenvalue weighted by atomic mass is 19.3. The van der Waals surface area contributed by atoms with Gasteiger partial charge < -0.3 is 19.9 Å². The minimum absolute atomic E-state index is 0.0473. The van der Waals surface area contributed by atoms with E-state index in [1.165, 1.54) is 33.5 Å². The molecule has 0 atom stereocenters. The van der Waals surface area contributed by atoms with Crippen LogP contribution in [0.15, 0.2) is 12.1 Å². The third-order valence-electron chi connectivity index (χ3n) is 2.56. The Hall–Kier alpha value is -1.56. The van der Waals surface area contributed by atoms with Gasteiger partial charge >= 0.3 is 0 Å². The summed E-state index contributed by atoms with van der Waals surface area (Å²) in [7, 11) is 4.13. The number of nitrogens with two attached hydrogens (primary N) is 1. The number of hydrogen-bond acceptors (Lipinski definition) is 4. The Bertz CT molecular complexity index is 411. The molecule has 0 spiro atoms. The number of rotatable bonds is 6. The molecular formula is C12H17F2NO3. The third-order valence-corrected chi connectivity index (χ3v) is 2.56. The van der Waals surface area contributed by atoms with Crippen molar-refractivity contribution in [2.75, 3.05) is 27.9 Å². The standard InChI is InChI=1S/C12H17F2NO3/c1-16-9-7-11(18-3)10(17-2)6-8(9)12(13,14)4-5-15/h6-7H,4-5,15H2,1-3H3. The zero-order chi connectivity index (χ0) is 13.8. The van der Waals surface area contributed by atoms with Crippen LogP contribution in [0.2, 0.25) is 0 Å². The smallest absolute Gasteiger partial charge is 0.278 e. The van der Waals surface area contributed by atoms with Crippen LogP contribution in [-0.4, -0.2) is 27.9 Å². The van der Waals surface area contributed by atoms with Gasteiger partial charge in [-0.05, 0) is 12.6 Å². The molecule has 0 saturated heterocycles. The fraction of sp³-hybridized carbons (Fsp3) is 0.500. The Morgan fingerprint density at radius 1 is 1.00 bits per heavy atom. The van der Waals surface area contributed by atoms with E-state index in [0.717, 1.165) is 0 Å². The summed E-state index contributed by atoms with van der Waals surface area (Å²) in [5.41, 5.74) is 4.94. The molecular weight excluding hydrogens is 244 g/mol. The molecule has 1 rings (SSSR count). The molecule has 102 valence electrons. The van der Waals surface area contributed by atoms with Crippen LogP contribution in [0.3, 0.4) is 0 Å². The lowest BCUT2D eigenvalue weighted by Gasteiger charge is -2.20. The average molecular weight is 261 g/mol. The second-order valence-corrected chi connectivity index (χ2v) is 3.65. The maximum absolute atomic E-state index is 13.9. The van der Waals surface area contributed by atoms with Gasteiger partial charge in [-0.1, -0.05) is 0 Å². The molecule has 2 N–H and O–H groups in total. The van der Waals surface area contributed by atoms with E-state index in [0.29, 0.717) is 5.75 Å². The molecule has 0 aliphatic heterocycles. The first-order chi connectivity index (χ1) is 8.50. The Kier molecular flexibility index (Phi) is 4.72. The summed E-state index contributed by atoms with van der Waals surface area (Å²) in [4.78, 5) is 0. The number of benzene rings is 1. The van der Waals surface area contributed by atoms with Gasteiger partial charge in [0.15, 0.2) is 11.5 Å². The highest BCUT2D eigenvalue weighted by Gasteiger charge is 2.35. The minimum Gasteiger partial charge on any atom is -0.496 e. The highest BCUT2D eigenvalue weighted by Crippen LogP contribution is 2.43. The van der Waals surface area contributed by atoms with E-state index in [1.54, 1.807) is 0 Å². The molecule has 0 aromatic heterocycles. The zero-order valence-corrected chi connectivity index (χ0v) is 10.6. The van der Waals surface area contributed by atoms with Gasteiger partial charge in [-0.3, -0.25) is 0 Å². The second-order valence-electron chi connectivity index (χ2n) is 3.65.